The molecule has 0 unspecified atom stereocenters. The molecule has 2 atom stereocenters. The molecule has 0 spiro atoms. The van der Waals surface area contributed by atoms with Crippen molar-refractivity contribution in [2.24, 2.45) is 11.7 Å². The van der Waals surface area contributed by atoms with Crippen LogP contribution in [-0.2, 0) is 14.3 Å². The van der Waals surface area contributed by atoms with E-state index in [9.17, 15) is 18.4 Å². The van der Waals surface area contributed by atoms with Crippen LogP contribution in [0.5, 0.6) is 0 Å². The zero-order chi connectivity index (χ0) is 23.3. The molecule has 0 fully saturated rings. The SMILES string of the molecule is COC(=O)C[C@H](NC(=O)[C@@H](N)CC(C)C)c1cc(-c2c(C)cccc2C)cc(F)c1F. The Labute approximate surface area is 182 Å². The Bertz CT molecular complexity index is 940. The molecule has 5 nitrogen and oxygen atoms in total. The van der Waals surface area contributed by atoms with Gasteiger partial charge in [-0.3, -0.25) is 9.59 Å². The topological polar surface area (TPSA) is 81.4 Å². The lowest BCUT2D eigenvalue weighted by Gasteiger charge is -2.23. The molecule has 2 aromatic rings. The molecule has 1 amide bonds. The number of carbonyl (C=O) groups is 2. The molecule has 0 saturated heterocycles. The van der Waals surface area contributed by atoms with Gasteiger partial charge in [0.05, 0.1) is 25.6 Å². The first-order valence-corrected chi connectivity index (χ1v) is 10.2. The Morgan fingerprint density at radius 3 is 2.29 bits per heavy atom. The summed E-state index contributed by atoms with van der Waals surface area (Å²) in [5.74, 6) is -3.23. The van der Waals surface area contributed by atoms with Crippen LogP contribution >= 0.6 is 0 Å². The Hall–Kier alpha value is -2.80. The van der Waals surface area contributed by atoms with E-state index in [2.05, 4.69) is 5.32 Å². The molecule has 0 saturated carbocycles. The van der Waals surface area contributed by atoms with Crippen LogP contribution in [0.2, 0.25) is 0 Å². The summed E-state index contributed by atoms with van der Waals surface area (Å²) < 4.78 is 34.2. The highest BCUT2D eigenvalue weighted by molar-refractivity contribution is 5.83. The maximum absolute atomic E-state index is 14.9. The lowest BCUT2D eigenvalue weighted by atomic mass is 9.92. The van der Waals surface area contributed by atoms with E-state index in [1.807, 2.05) is 45.9 Å². The lowest BCUT2D eigenvalue weighted by molar-refractivity contribution is -0.141. The number of ether oxygens (including phenoxy) is 1. The second-order valence-electron chi connectivity index (χ2n) is 8.21. The largest absolute Gasteiger partial charge is 0.469 e. The minimum atomic E-state index is -1.13. The van der Waals surface area contributed by atoms with Gasteiger partial charge in [-0.15, -0.1) is 0 Å². The quantitative estimate of drug-likeness (QED) is 0.608. The van der Waals surface area contributed by atoms with Crippen LogP contribution in [0.3, 0.4) is 0 Å². The van der Waals surface area contributed by atoms with Crippen molar-refractivity contribution in [2.45, 2.75) is 52.6 Å². The van der Waals surface area contributed by atoms with Crippen LogP contribution in [-0.4, -0.2) is 25.0 Å². The highest BCUT2D eigenvalue weighted by Crippen LogP contribution is 2.33. The molecule has 31 heavy (non-hydrogen) atoms. The maximum Gasteiger partial charge on any atom is 0.307 e. The molecule has 2 rings (SSSR count). The minimum Gasteiger partial charge on any atom is -0.469 e. The third kappa shape index (κ3) is 6.10. The number of halogens is 2. The molecule has 0 aliphatic rings. The maximum atomic E-state index is 14.9. The summed E-state index contributed by atoms with van der Waals surface area (Å²) >= 11 is 0. The fraction of sp³-hybridized carbons (Fsp3) is 0.417. The molecule has 3 N–H and O–H groups in total. The zero-order valence-corrected chi connectivity index (χ0v) is 18.6. The Balaban J connectivity index is 2.53. The van der Waals surface area contributed by atoms with Crippen molar-refractivity contribution in [2.75, 3.05) is 7.11 Å². The van der Waals surface area contributed by atoms with Crippen LogP contribution in [0.1, 0.15) is 49.4 Å². The van der Waals surface area contributed by atoms with Gasteiger partial charge in [0, 0.05) is 5.56 Å². The molecule has 0 radical (unpaired) electrons. The molecule has 0 aliphatic carbocycles. The van der Waals surface area contributed by atoms with Crippen molar-refractivity contribution in [3.8, 4) is 11.1 Å². The van der Waals surface area contributed by atoms with Gasteiger partial charge >= 0.3 is 5.97 Å². The molecular formula is C24H30F2N2O3. The molecule has 0 aromatic heterocycles. The number of amides is 1. The number of nitrogens with two attached hydrogens (primary N) is 1. The molecular weight excluding hydrogens is 402 g/mol. The van der Waals surface area contributed by atoms with E-state index >= 15 is 0 Å². The van der Waals surface area contributed by atoms with E-state index in [1.54, 1.807) is 0 Å². The number of hydrogen-bond donors (Lipinski definition) is 2. The Kier molecular flexibility index (Phi) is 8.28. The molecule has 0 bridgehead atoms. The molecule has 7 heteroatoms. The lowest BCUT2D eigenvalue weighted by Crippen LogP contribution is -2.43. The van der Waals surface area contributed by atoms with Gasteiger partial charge in [0.15, 0.2) is 11.6 Å². The molecule has 0 aliphatic heterocycles. The fourth-order valence-electron chi connectivity index (χ4n) is 3.66. The first kappa shape index (κ1) is 24.5. The van der Waals surface area contributed by atoms with Crippen molar-refractivity contribution in [3.63, 3.8) is 0 Å². The first-order chi connectivity index (χ1) is 14.5. The Morgan fingerprint density at radius 2 is 1.74 bits per heavy atom. The van der Waals surface area contributed by atoms with Crippen LogP contribution in [0.15, 0.2) is 30.3 Å². The van der Waals surface area contributed by atoms with Gasteiger partial charge in [0.2, 0.25) is 5.91 Å². The number of benzene rings is 2. The second-order valence-corrected chi connectivity index (χ2v) is 8.21. The standard InChI is InChI=1S/C24H30F2N2O3/c1-13(2)9-19(27)24(30)28-20(12-21(29)31-5)17-10-16(11-18(25)23(17)26)22-14(3)7-6-8-15(22)4/h6-8,10-11,13,19-20H,9,12,27H2,1-5H3,(H,28,30)/t19-,20-/m0/s1. The van der Waals surface area contributed by atoms with Gasteiger partial charge in [-0.25, -0.2) is 8.78 Å². The van der Waals surface area contributed by atoms with E-state index in [-0.39, 0.29) is 17.9 Å². The highest BCUT2D eigenvalue weighted by atomic mass is 19.2. The fourth-order valence-corrected chi connectivity index (χ4v) is 3.66. The third-order valence-electron chi connectivity index (χ3n) is 5.18. The van der Waals surface area contributed by atoms with E-state index in [1.165, 1.54) is 13.2 Å². The average molecular weight is 433 g/mol. The average Bonchev–Trinajstić information content (AvgIpc) is 2.69. The summed E-state index contributed by atoms with van der Waals surface area (Å²) in [5, 5.41) is 2.61. The summed E-state index contributed by atoms with van der Waals surface area (Å²) in [6.07, 6.45) is 0.0548. The number of aryl methyl sites for hydroxylation is 2. The van der Waals surface area contributed by atoms with Gasteiger partial charge in [-0.2, -0.15) is 0 Å². The highest BCUT2D eigenvalue weighted by Gasteiger charge is 2.27. The monoisotopic (exact) mass is 432 g/mol. The summed E-state index contributed by atoms with van der Waals surface area (Å²) in [7, 11) is 1.19. The van der Waals surface area contributed by atoms with Gasteiger partial charge in [0.25, 0.3) is 0 Å². The number of hydrogen-bond acceptors (Lipinski definition) is 4. The van der Waals surface area contributed by atoms with Crippen molar-refractivity contribution in [1.82, 2.24) is 5.32 Å². The summed E-state index contributed by atoms with van der Waals surface area (Å²) in [6.45, 7) is 7.59. The number of nitrogens with one attached hydrogen (secondary N) is 1. The van der Waals surface area contributed by atoms with Crippen LogP contribution in [0, 0.1) is 31.4 Å². The second kappa shape index (κ2) is 10.5. The van der Waals surface area contributed by atoms with E-state index in [4.69, 9.17) is 10.5 Å². The van der Waals surface area contributed by atoms with Gasteiger partial charge < -0.3 is 15.8 Å². The normalized spacial score (nSPS) is 13.1. The summed E-state index contributed by atoms with van der Waals surface area (Å²) in [4.78, 5) is 24.6. The predicted octanol–water partition coefficient (Wildman–Crippen LogP) is 4.34. The van der Waals surface area contributed by atoms with E-state index in [0.717, 1.165) is 22.8 Å². The van der Waals surface area contributed by atoms with Crippen molar-refractivity contribution in [3.05, 3.63) is 58.7 Å². The molecule has 168 valence electrons. The summed E-state index contributed by atoms with van der Waals surface area (Å²) in [6, 6.07) is 6.26. The zero-order valence-electron chi connectivity index (χ0n) is 18.6. The minimum absolute atomic E-state index is 0.131. The van der Waals surface area contributed by atoms with Crippen LogP contribution < -0.4 is 11.1 Å². The van der Waals surface area contributed by atoms with Crippen molar-refractivity contribution in [1.29, 1.82) is 0 Å². The van der Waals surface area contributed by atoms with E-state index in [0.29, 0.717) is 12.0 Å². The number of esters is 1. The first-order valence-electron chi connectivity index (χ1n) is 10.2. The molecule has 2 aromatic carbocycles. The van der Waals surface area contributed by atoms with Crippen molar-refractivity contribution >= 4 is 11.9 Å². The smallest absolute Gasteiger partial charge is 0.307 e. The summed E-state index contributed by atoms with van der Waals surface area (Å²) in [5.41, 5.74) is 8.82. The van der Waals surface area contributed by atoms with Crippen LogP contribution in [0.4, 0.5) is 8.78 Å². The van der Waals surface area contributed by atoms with Gasteiger partial charge in [-0.1, -0.05) is 32.0 Å². The van der Waals surface area contributed by atoms with Gasteiger partial charge in [-0.05, 0) is 60.6 Å². The van der Waals surface area contributed by atoms with E-state index < -0.39 is 35.6 Å². The third-order valence-corrected chi connectivity index (χ3v) is 5.18. The predicted molar refractivity (Wildman–Crippen MR) is 116 cm³/mol. The Morgan fingerprint density at radius 1 is 1.13 bits per heavy atom. The van der Waals surface area contributed by atoms with Gasteiger partial charge in [0.1, 0.15) is 0 Å². The number of methoxy groups -OCH3 is 1. The number of carbonyl (C=O) groups excluding carboxylic acids is 2. The molecule has 0 heterocycles. The van der Waals surface area contributed by atoms with Crippen molar-refractivity contribution < 1.29 is 23.1 Å². The number of rotatable bonds is 8. The van der Waals surface area contributed by atoms with Crippen LogP contribution in [0.25, 0.3) is 11.1 Å².